The van der Waals surface area contributed by atoms with E-state index in [1.54, 1.807) is 18.2 Å². The number of anilines is 2. The average molecular weight is 353 g/mol. The van der Waals surface area contributed by atoms with Crippen LogP contribution in [0.5, 0.6) is 11.5 Å². The first-order valence-electron chi connectivity index (χ1n) is 8.47. The summed E-state index contributed by atoms with van der Waals surface area (Å²) in [6, 6.07) is 14.5. The Labute approximate surface area is 153 Å². The van der Waals surface area contributed by atoms with Gasteiger partial charge in [-0.15, -0.1) is 0 Å². The lowest BCUT2D eigenvalue weighted by Gasteiger charge is -2.21. The summed E-state index contributed by atoms with van der Waals surface area (Å²) in [4.78, 5) is 14.3. The van der Waals surface area contributed by atoms with Crippen molar-refractivity contribution in [3.05, 3.63) is 48.0 Å². The smallest absolute Gasteiger partial charge is 0.262 e. The van der Waals surface area contributed by atoms with Crippen LogP contribution in [0.1, 0.15) is 19.4 Å². The molecular formula is C20H23N3O3. The number of benzene rings is 2. The first-order chi connectivity index (χ1) is 12.6. The fraction of sp³-hybridized carbons (Fsp3) is 0.300. The van der Waals surface area contributed by atoms with E-state index in [4.69, 9.17) is 14.7 Å². The van der Waals surface area contributed by atoms with Crippen LogP contribution in [0.25, 0.3) is 0 Å². The van der Waals surface area contributed by atoms with E-state index in [-0.39, 0.29) is 12.5 Å². The van der Waals surface area contributed by atoms with Crippen LogP contribution in [0.2, 0.25) is 0 Å². The van der Waals surface area contributed by atoms with Gasteiger partial charge in [0.2, 0.25) is 0 Å². The average Bonchev–Trinajstić information content (AvgIpc) is 2.68. The Bertz CT molecular complexity index is 778. The van der Waals surface area contributed by atoms with Gasteiger partial charge in [-0.3, -0.25) is 4.79 Å². The van der Waals surface area contributed by atoms with Crippen LogP contribution in [0.15, 0.2) is 42.5 Å². The highest BCUT2D eigenvalue weighted by molar-refractivity contribution is 5.92. The maximum Gasteiger partial charge on any atom is 0.262 e. The van der Waals surface area contributed by atoms with Gasteiger partial charge in [-0.25, -0.2) is 0 Å². The van der Waals surface area contributed by atoms with Crippen molar-refractivity contribution in [3.8, 4) is 17.6 Å². The summed E-state index contributed by atoms with van der Waals surface area (Å²) < 4.78 is 10.7. The van der Waals surface area contributed by atoms with Gasteiger partial charge in [0, 0.05) is 30.5 Å². The molecule has 1 amide bonds. The van der Waals surface area contributed by atoms with E-state index in [1.165, 1.54) is 7.11 Å². The molecule has 0 heterocycles. The number of hydrogen-bond donors (Lipinski definition) is 1. The minimum Gasteiger partial charge on any atom is -0.493 e. The molecule has 0 spiro atoms. The standard InChI is InChI=1S/C20H23N3O3/c1-4-23(5-2)17-9-7-16(8-10-17)22-20(24)14-26-18-11-6-15(13-21)12-19(18)25-3/h6-12H,4-5,14H2,1-3H3,(H,22,24). The first kappa shape index (κ1) is 19.1. The highest BCUT2D eigenvalue weighted by Gasteiger charge is 2.09. The molecule has 0 bridgehead atoms. The Kier molecular flexibility index (Phi) is 6.86. The van der Waals surface area contributed by atoms with Crippen LogP contribution in [0, 0.1) is 11.3 Å². The molecule has 26 heavy (non-hydrogen) atoms. The van der Waals surface area contributed by atoms with E-state index < -0.39 is 0 Å². The molecule has 0 unspecified atom stereocenters. The topological polar surface area (TPSA) is 74.6 Å². The third kappa shape index (κ3) is 4.90. The minimum absolute atomic E-state index is 0.153. The fourth-order valence-corrected chi connectivity index (χ4v) is 2.54. The normalized spacial score (nSPS) is 9.92. The maximum absolute atomic E-state index is 12.1. The van der Waals surface area contributed by atoms with Crippen LogP contribution in [0.4, 0.5) is 11.4 Å². The molecule has 0 saturated carbocycles. The van der Waals surface area contributed by atoms with Crippen molar-refractivity contribution in [2.24, 2.45) is 0 Å². The van der Waals surface area contributed by atoms with Crippen molar-refractivity contribution in [2.45, 2.75) is 13.8 Å². The molecule has 0 aliphatic heterocycles. The van der Waals surface area contributed by atoms with Crippen LogP contribution in [-0.2, 0) is 4.79 Å². The van der Waals surface area contributed by atoms with Gasteiger partial charge in [0.1, 0.15) is 0 Å². The second-order valence-electron chi connectivity index (χ2n) is 5.53. The van der Waals surface area contributed by atoms with Gasteiger partial charge in [0.15, 0.2) is 18.1 Å². The molecule has 1 N–H and O–H groups in total. The lowest BCUT2D eigenvalue weighted by atomic mass is 10.2. The number of methoxy groups -OCH3 is 1. The minimum atomic E-state index is -0.271. The lowest BCUT2D eigenvalue weighted by Crippen LogP contribution is -2.22. The van der Waals surface area contributed by atoms with Crippen molar-refractivity contribution in [1.29, 1.82) is 5.26 Å². The molecule has 0 atom stereocenters. The van der Waals surface area contributed by atoms with Crippen LogP contribution < -0.4 is 19.7 Å². The van der Waals surface area contributed by atoms with Gasteiger partial charge < -0.3 is 19.7 Å². The van der Waals surface area contributed by atoms with Gasteiger partial charge in [-0.2, -0.15) is 5.26 Å². The van der Waals surface area contributed by atoms with Crippen molar-refractivity contribution >= 4 is 17.3 Å². The van der Waals surface area contributed by atoms with Crippen molar-refractivity contribution in [1.82, 2.24) is 0 Å². The van der Waals surface area contributed by atoms with Gasteiger partial charge in [0.05, 0.1) is 18.7 Å². The molecule has 0 aliphatic rings. The summed E-state index contributed by atoms with van der Waals surface area (Å²) in [7, 11) is 1.49. The summed E-state index contributed by atoms with van der Waals surface area (Å²) in [5.41, 5.74) is 2.29. The lowest BCUT2D eigenvalue weighted by molar-refractivity contribution is -0.118. The molecule has 2 aromatic rings. The Morgan fingerprint density at radius 1 is 1.12 bits per heavy atom. The predicted molar refractivity (Wildman–Crippen MR) is 102 cm³/mol. The Morgan fingerprint density at radius 3 is 2.38 bits per heavy atom. The number of nitriles is 1. The summed E-state index contributed by atoms with van der Waals surface area (Å²) >= 11 is 0. The van der Waals surface area contributed by atoms with Crippen LogP contribution in [0.3, 0.4) is 0 Å². The number of carbonyl (C=O) groups is 1. The molecule has 6 nitrogen and oxygen atoms in total. The van der Waals surface area contributed by atoms with Crippen LogP contribution >= 0.6 is 0 Å². The Hall–Kier alpha value is -3.20. The maximum atomic E-state index is 12.1. The zero-order chi connectivity index (χ0) is 18.9. The van der Waals surface area contributed by atoms with E-state index in [9.17, 15) is 4.79 Å². The molecule has 136 valence electrons. The third-order valence-corrected chi connectivity index (χ3v) is 3.93. The summed E-state index contributed by atoms with van der Waals surface area (Å²) in [5.74, 6) is 0.561. The molecule has 0 aromatic heterocycles. The Balaban J connectivity index is 1.94. The van der Waals surface area contributed by atoms with Crippen molar-refractivity contribution < 1.29 is 14.3 Å². The first-order valence-corrected chi connectivity index (χ1v) is 8.47. The van der Waals surface area contributed by atoms with E-state index in [1.807, 2.05) is 30.3 Å². The zero-order valence-corrected chi connectivity index (χ0v) is 15.3. The van der Waals surface area contributed by atoms with E-state index >= 15 is 0 Å². The van der Waals surface area contributed by atoms with Gasteiger partial charge in [0.25, 0.3) is 5.91 Å². The molecule has 0 aliphatic carbocycles. The highest BCUT2D eigenvalue weighted by Crippen LogP contribution is 2.27. The largest absolute Gasteiger partial charge is 0.493 e. The SMILES string of the molecule is CCN(CC)c1ccc(NC(=O)COc2ccc(C#N)cc2OC)cc1. The highest BCUT2D eigenvalue weighted by atomic mass is 16.5. The number of nitrogens with one attached hydrogen (secondary N) is 1. The van der Waals surface area contributed by atoms with Crippen molar-refractivity contribution in [2.75, 3.05) is 37.0 Å². The summed E-state index contributed by atoms with van der Waals surface area (Å²) in [6.07, 6.45) is 0. The zero-order valence-electron chi connectivity index (χ0n) is 15.3. The number of nitrogens with zero attached hydrogens (tertiary/aromatic N) is 2. The van der Waals surface area contributed by atoms with Gasteiger partial charge in [-0.05, 0) is 50.2 Å². The van der Waals surface area contributed by atoms with E-state index in [0.717, 1.165) is 18.8 Å². The third-order valence-electron chi connectivity index (χ3n) is 3.93. The Morgan fingerprint density at radius 2 is 1.81 bits per heavy atom. The molecule has 2 aromatic carbocycles. The fourth-order valence-electron chi connectivity index (χ4n) is 2.54. The van der Waals surface area contributed by atoms with Crippen molar-refractivity contribution in [3.63, 3.8) is 0 Å². The van der Waals surface area contributed by atoms with E-state index in [2.05, 4.69) is 24.1 Å². The molecule has 0 fully saturated rings. The number of hydrogen-bond acceptors (Lipinski definition) is 5. The van der Waals surface area contributed by atoms with Gasteiger partial charge in [-0.1, -0.05) is 0 Å². The summed E-state index contributed by atoms with van der Waals surface area (Å²) in [6.45, 7) is 5.92. The number of amides is 1. The molecular weight excluding hydrogens is 330 g/mol. The molecule has 2 rings (SSSR count). The number of ether oxygens (including phenoxy) is 2. The molecule has 6 heteroatoms. The number of carbonyl (C=O) groups excluding carboxylic acids is 1. The second kappa shape index (κ2) is 9.33. The quantitative estimate of drug-likeness (QED) is 0.787. The molecule has 0 saturated heterocycles. The predicted octanol–water partition coefficient (Wildman–Crippen LogP) is 3.43. The molecule has 0 radical (unpaired) electrons. The van der Waals surface area contributed by atoms with Gasteiger partial charge >= 0.3 is 0 Å². The van der Waals surface area contributed by atoms with Crippen LogP contribution in [-0.4, -0.2) is 32.7 Å². The summed E-state index contributed by atoms with van der Waals surface area (Å²) in [5, 5.41) is 11.7. The van der Waals surface area contributed by atoms with E-state index in [0.29, 0.717) is 22.7 Å². The second-order valence-corrected chi connectivity index (χ2v) is 5.53. The monoisotopic (exact) mass is 353 g/mol. The number of rotatable bonds is 8.